The van der Waals surface area contributed by atoms with Crippen LogP contribution in [-0.2, 0) is 9.59 Å². The van der Waals surface area contributed by atoms with Crippen molar-refractivity contribution in [1.82, 2.24) is 15.0 Å². The number of ether oxygens (including phenoxy) is 1. The average Bonchev–Trinajstić information content (AvgIpc) is 2.88. The van der Waals surface area contributed by atoms with Crippen molar-refractivity contribution in [2.45, 2.75) is 12.1 Å². The van der Waals surface area contributed by atoms with Crippen LogP contribution >= 0.6 is 11.8 Å². The summed E-state index contributed by atoms with van der Waals surface area (Å²) in [6.45, 7) is 1.36. The van der Waals surface area contributed by atoms with E-state index in [4.69, 9.17) is 4.74 Å². The van der Waals surface area contributed by atoms with E-state index < -0.39 is 18.5 Å². The van der Waals surface area contributed by atoms with Crippen molar-refractivity contribution in [3.8, 4) is 11.4 Å². The normalized spacial score (nSPS) is 11.0. The number of carboxylic acids is 1. The van der Waals surface area contributed by atoms with E-state index in [-0.39, 0.29) is 17.1 Å². The molecule has 0 unspecified atom stereocenters. The first-order valence-electron chi connectivity index (χ1n) is 10.9. The molecule has 4 aromatic rings. The minimum atomic E-state index is -1.35. The van der Waals surface area contributed by atoms with Crippen LogP contribution in [0.3, 0.4) is 0 Å². The molecule has 36 heavy (non-hydrogen) atoms. The zero-order chi connectivity index (χ0) is 25.5. The Hall–Kier alpha value is -4.44. The van der Waals surface area contributed by atoms with Crippen molar-refractivity contribution in [2.75, 3.05) is 12.4 Å². The van der Waals surface area contributed by atoms with E-state index in [1.54, 1.807) is 48.5 Å². The predicted molar refractivity (Wildman–Crippen MR) is 135 cm³/mol. The lowest BCUT2D eigenvalue weighted by molar-refractivity contribution is -0.307. The molecule has 0 aliphatic heterocycles. The van der Waals surface area contributed by atoms with Gasteiger partial charge in [0.15, 0.2) is 5.16 Å². The number of hydrazone groups is 1. The number of hydrogen-bond donors (Lipinski definition) is 1. The molecule has 1 heterocycles. The first kappa shape index (κ1) is 24.7. The van der Waals surface area contributed by atoms with E-state index in [2.05, 4.69) is 15.5 Å². The zero-order valence-electron chi connectivity index (χ0n) is 19.2. The minimum absolute atomic E-state index is 0.0448. The Morgan fingerprint density at radius 1 is 1.08 bits per heavy atom. The highest BCUT2D eigenvalue weighted by molar-refractivity contribution is 7.99. The molecule has 1 N–H and O–H groups in total. The van der Waals surface area contributed by atoms with Gasteiger partial charge >= 0.3 is 0 Å². The van der Waals surface area contributed by atoms with Gasteiger partial charge in [-0.05, 0) is 43.3 Å². The molecule has 3 aromatic carbocycles. The summed E-state index contributed by atoms with van der Waals surface area (Å²) in [7, 11) is 0. The van der Waals surface area contributed by atoms with Crippen LogP contribution in [0.1, 0.15) is 11.1 Å². The lowest BCUT2D eigenvalue weighted by Gasteiger charge is -2.13. The number of thioether (sulfide) groups is 1. The number of benzene rings is 3. The van der Waals surface area contributed by atoms with Gasteiger partial charge in [-0.2, -0.15) is 5.10 Å². The van der Waals surface area contributed by atoms with E-state index in [1.165, 1.54) is 10.8 Å². The van der Waals surface area contributed by atoms with Crippen LogP contribution in [0.5, 0.6) is 5.75 Å². The number of amides is 1. The smallest absolute Gasteiger partial charge is 0.266 e. The Kier molecular flexibility index (Phi) is 7.76. The summed E-state index contributed by atoms with van der Waals surface area (Å²) in [6.07, 6.45) is 1.35. The Morgan fingerprint density at radius 3 is 2.58 bits per heavy atom. The van der Waals surface area contributed by atoms with E-state index >= 15 is 0 Å². The summed E-state index contributed by atoms with van der Waals surface area (Å²) in [4.78, 5) is 41.0. The highest BCUT2D eigenvalue weighted by Crippen LogP contribution is 2.21. The van der Waals surface area contributed by atoms with Crippen molar-refractivity contribution in [3.63, 3.8) is 0 Å². The number of carbonyl (C=O) groups excluding carboxylic acids is 2. The second-order valence-electron chi connectivity index (χ2n) is 7.67. The van der Waals surface area contributed by atoms with Gasteiger partial charge in [0.05, 0.1) is 34.5 Å². The zero-order valence-corrected chi connectivity index (χ0v) is 20.0. The number of carboxylic acid groups (broad SMARTS) is 1. The molecule has 4 rings (SSSR count). The SMILES string of the molecule is Cc1ccc(-n2c(SCC(=O)N/N=C/c3ccccc3OCC(=O)[O-])nc3ccccc3c2=O)cc1. The molecule has 0 fully saturated rings. The molecule has 0 atom stereocenters. The molecule has 9 nitrogen and oxygen atoms in total. The third-order valence-corrected chi connectivity index (χ3v) is 5.97. The largest absolute Gasteiger partial charge is 0.546 e. The summed E-state index contributed by atoms with van der Waals surface area (Å²) in [5, 5.41) is 15.4. The lowest BCUT2D eigenvalue weighted by Crippen LogP contribution is -2.29. The number of fused-ring (bicyclic) bond motifs is 1. The molecule has 0 radical (unpaired) electrons. The second-order valence-corrected chi connectivity index (χ2v) is 8.61. The van der Waals surface area contributed by atoms with E-state index in [0.29, 0.717) is 27.3 Å². The van der Waals surface area contributed by atoms with E-state index in [9.17, 15) is 19.5 Å². The van der Waals surface area contributed by atoms with Gasteiger partial charge in [-0.3, -0.25) is 14.2 Å². The fourth-order valence-corrected chi connectivity index (χ4v) is 4.13. The van der Waals surface area contributed by atoms with Crippen molar-refractivity contribution >= 4 is 40.8 Å². The molecule has 10 heteroatoms. The molecule has 0 bridgehead atoms. The average molecular weight is 502 g/mol. The quantitative estimate of drug-likeness (QED) is 0.161. The molecule has 0 saturated carbocycles. The number of rotatable bonds is 9. The molecular formula is C26H21N4O5S-. The number of nitrogens with one attached hydrogen (secondary N) is 1. The minimum Gasteiger partial charge on any atom is -0.546 e. The van der Waals surface area contributed by atoms with Gasteiger partial charge in [0, 0.05) is 5.56 Å². The summed E-state index contributed by atoms with van der Waals surface area (Å²) in [5.41, 5.74) is 4.93. The number of aryl methyl sites for hydroxylation is 1. The first-order chi connectivity index (χ1) is 17.4. The van der Waals surface area contributed by atoms with Gasteiger partial charge in [0.25, 0.3) is 11.5 Å². The molecular weight excluding hydrogens is 480 g/mol. The number of hydrogen-bond acceptors (Lipinski definition) is 8. The second kappa shape index (κ2) is 11.3. The maximum atomic E-state index is 13.3. The highest BCUT2D eigenvalue weighted by atomic mass is 32.2. The van der Waals surface area contributed by atoms with Crippen LogP contribution in [-0.4, -0.2) is 40.0 Å². The maximum Gasteiger partial charge on any atom is 0.266 e. The van der Waals surface area contributed by atoms with Crippen LogP contribution in [0.4, 0.5) is 0 Å². The van der Waals surface area contributed by atoms with E-state index in [1.807, 2.05) is 31.2 Å². The predicted octanol–water partition coefficient (Wildman–Crippen LogP) is 2.07. The number of para-hydroxylation sites is 2. The third kappa shape index (κ3) is 5.97. The van der Waals surface area contributed by atoms with Crippen LogP contribution in [0.15, 0.2) is 87.8 Å². The number of aromatic nitrogens is 2. The van der Waals surface area contributed by atoms with Gasteiger partial charge in [0.2, 0.25) is 0 Å². The van der Waals surface area contributed by atoms with Crippen LogP contribution < -0.4 is 20.8 Å². The maximum absolute atomic E-state index is 13.3. The summed E-state index contributed by atoms with van der Waals surface area (Å²) in [5.74, 6) is -1.52. The Balaban J connectivity index is 1.50. The van der Waals surface area contributed by atoms with Crippen molar-refractivity contribution < 1.29 is 19.4 Å². The van der Waals surface area contributed by atoms with Gasteiger partial charge in [-0.25, -0.2) is 10.4 Å². The Labute approximate surface area is 210 Å². The van der Waals surface area contributed by atoms with Crippen molar-refractivity contribution in [2.24, 2.45) is 5.10 Å². The number of nitrogens with zero attached hydrogens (tertiary/aromatic N) is 3. The van der Waals surface area contributed by atoms with Crippen LogP contribution in [0, 0.1) is 6.92 Å². The van der Waals surface area contributed by atoms with Gasteiger partial charge in [-0.1, -0.05) is 53.7 Å². The number of carbonyl (C=O) groups is 2. The summed E-state index contributed by atoms with van der Waals surface area (Å²) >= 11 is 1.11. The molecule has 0 aliphatic rings. The first-order valence-corrected chi connectivity index (χ1v) is 11.9. The standard InChI is InChI=1S/C26H22N4O5S/c1-17-10-12-19(13-11-17)30-25(34)20-7-3-4-8-21(20)28-26(30)36-16-23(31)29-27-14-18-6-2-5-9-22(18)35-15-24(32)33/h2-14H,15-16H2,1H3,(H,29,31)(H,32,33)/p-1/b27-14+. The summed E-state index contributed by atoms with van der Waals surface area (Å²) < 4.78 is 6.65. The van der Waals surface area contributed by atoms with Gasteiger partial charge < -0.3 is 14.6 Å². The molecule has 0 aliphatic carbocycles. The fraction of sp³-hybridized carbons (Fsp3) is 0.115. The van der Waals surface area contributed by atoms with Gasteiger partial charge in [0.1, 0.15) is 12.4 Å². The topological polar surface area (TPSA) is 126 Å². The van der Waals surface area contributed by atoms with Crippen molar-refractivity contribution in [1.29, 1.82) is 0 Å². The van der Waals surface area contributed by atoms with Gasteiger partial charge in [-0.15, -0.1) is 0 Å². The molecule has 182 valence electrons. The molecule has 0 saturated heterocycles. The van der Waals surface area contributed by atoms with Crippen molar-refractivity contribution in [3.05, 3.63) is 94.3 Å². The Bertz CT molecular complexity index is 1500. The number of aliphatic carboxylic acids is 1. The molecule has 1 amide bonds. The van der Waals surface area contributed by atoms with Crippen LogP contribution in [0.25, 0.3) is 16.6 Å². The molecule has 1 aromatic heterocycles. The Morgan fingerprint density at radius 2 is 1.81 bits per heavy atom. The summed E-state index contributed by atoms with van der Waals surface area (Å²) in [6, 6.07) is 21.2. The highest BCUT2D eigenvalue weighted by Gasteiger charge is 2.14. The monoisotopic (exact) mass is 501 g/mol. The fourth-order valence-electron chi connectivity index (χ4n) is 3.32. The molecule has 0 spiro atoms. The van der Waals surface area contributed by atoms with Crippen LogP contribution in [0.2, 0.25) is 0 Å². The van der Waals surface area contributed by atoms with E-state index in [0.717, 1.165) is 17.3 Å². The lowest BCUT2D eigenvalue weighted by atomic mass is 10.2. The third-order valence-electron chi connectivity index (χ3n) is 5.03.